The van der Waals surface area contributed by atoms with Crippen LogP contribution in [0.3, 0.4) is 0 Å². The Bertz CT molecular complexity index is 769. The standard InChI is InChI=1S/C16H15N3O3S/c1-11-6-7-12(22-11)8-17-18-15(20)9-19-13-4-2-3-5-14(13)23-10-16(19)21/h2-8H,9-10H2,1H3,(H,18,20). The number of hydrogen-bond acceptors (Lipinski definition) is 5. The highest BCUT2D eigenvalue weighted by Crippen LogP contribution is 2.34. The van der Waals surface area contributed by atoms with E-state index in [1.807, 2.05) is 37.3 Å². The molecule has 6 nitrogen and oxygen atoms in total. The zero-order valence-electron chi connectivity index (χ0n) is 12.5. The van der Waals surface area contributed by atoms with Crippen LogP contribution < -0.4 is 10.3 Å². The molecule has 1 aromatic carbocycles. The second kappa shape index (κ2) is 6.70. The summed E-state index contributed by atoms with van der Waals surface area (Å²) in [5, 5.41) is 3.84. The van der Waals surface area contributed by atoms with Crippen LogP contribution in [-0.2, 0) is 9.59 Å². The van der Waals surface area contributed by atoms with Gasteiger partial charge in [0, 0.05) is 4.90 Å². The lowest BCUT2D eigenvalue weighted by molar-refractivity contribution is -0.122. The number of furan rings is 1. The first-order chi connectivity index (χ1) is 11.1. The van der Waals surface area contributed by atoms with Crippen LogP contribution in [0.5, 0.6) is 0 Å². The molecular formula is C16H15N3O3S. The van der Waals surface area contributed by atoms with E-state index in [-0.39, 0.29) is 18.4 Å². The molecule has 23 heavy (non-hydrogen) atoms. The minimum Gasteiger partial charge on any atom is -0.460 e. The van der Waals surface area contributed by atoms with Gasteiger partial charge in [-0.05, 0) is 31.2 Å². The van der Waals surface area contributed by atoms with Crippen molar-refractivity contribution in [3.8, 4) is 0 Å². The Hall–Kier alpha value is -2.54. The van der Waals surface area contributed by atoms with E-state index in [0.29, 0.717) is 11.5 Å². The van der Waals surface area contributed by atoms with Crippen LogP contribution in [0.4, 0.5) is 5.69 Å². The van der Waals surface area contributed by atoms with Crippen molar-refractivity contribution in [3.63, 3.8) is 0 Å². The van der Waals surface area contributed by atoms with Crippen molar-refractivity contribution in [3.05, 3.63) is 47.9 Å². The van der Waals surface area contributed by atoms with Crippen molar-refractivity contribution < 1.29 is 14.0 Å². The molecule has 0 saturated heterocycles. The van der Waals surface area contributed by atoms with Crippen LogP contribution in [0.2, 0.25) is 0 Å². The van der Waals surface area contributed by atoms with E-state index in [1.54, 1.807) is 6.07 Å². The van der Waals surface area contributed by atoms with Crippen molar-refractivity contribution in [2.24, 2.45) is 5.10 Å². The van der Waals surface area contributed by atoms with Gasteiger partial charge in [-0.1, -0.05) is 12.1 Å². The van der Waals surface area contributed by atoms with Crippen LogP contribution in [0, 0.1) is 6.92 Å². The van der Waals surface area contributed by atoms with Crippen LogP contribution in [0.25, 0.3) is 0 Å². The normalized spacial score (nSPS) is 14.1. The molecule has 2 aromatic rings. The number of carbonyl (C=O) groups excluding carboxylic acids is 2. The fourth-order valence-electron chi connectivity index (χ4n) is 2.20. The van der Waals surface area contributed by atoms with Crippen LogP contribution in [-0.4, -0.2) is 30.3 Å². The third-order valence-electron chi connectivity index (χ3n) is 3.25. The number of anilines is 1. The zero-order chi connectivity index (χ0) is 16.2. The summed E-state index contributed by atoms with van der Waals surface area (Å²) in [6.45, 7) is 1.76. The molecule has 7 heteroatoms. The van der Waals surface area contributed by atoms with E-state index in [2.05, 4.69) is 10.5 Å². The Labute approximate surface area is 137 Å². The van der Waals surface area contributed by atoms with E-state index in [0.717, 1.165) is 16.3 Å². The van der Waals surface area contributed by atoms with Crippen molar-refractivity contribution in [1.82, 2.24) is 5.43 Å². The summed E-state index contributed by atoms with van der Waals surface area (Å²) in [6.07, 6.45) is 1.42. The number of thioether (sulfide) groups is 1. The van der Waals surface area contributed by atoms with E-state index in [9.17, 15) is 9.59 Å². The molecule has 0 aliphatic carbocycles. The molecule has 2 heterocycles. The monoisotopic (exact) mass is 329 g/mol. The van der Waals surface area contributed by atoms with E-state index >= 15 is 0 Å². The van der Waals surface area contributed by atoms with Gasteiger partial charge < -0.3 is 9.32 Å². The fraction of sp³-hybridized carbons (Fsp3) is 0.188. The van der Waals surface area contributed by atoms with Gasteiger partial charge in [0.25, 0.3) is 5.91 Å². The highest BCUT2D eigenvalue weighted by molar-refractivity contribution is 8.00. The molecule has 0 radical (unpaired) electrons. The van der Waals surface area contributed by atoms with Crippen LogP contribution >= 0.6 is 11.8 Å². The zero-order valence-corrected chi connectivity index (χ0v) is 13.3. The maximum Gasteiger partial charge on any atom is 0.260 e. The highest BCUT2D eigenvalue weighted by Gasteiger charge is 2.25. The third-order valence-corrected chi connectivity index (χ3v) is 4.30. The number of para-hydroxylation sites is 1. The molecule has 3 rings (SSSR count). The van der Waals surface area contributed by atoms with Crippen molar-refractivity contribution in [2.75, 3.05) is 17.2 Å². The summed E-state index contributed by atoms with van der Waals surface area (Å²) >= 11 is 1.48. The Morgan fingerprint density at radius 2 is 2.22 bits per heavy atom. The Kier molecular flexibility index (Phi) is 4.47. The number of amides is 2. The number of hydrazone groups is 1. The lowest BCUT2D eigenvalue weighted by Crippen LogP contribution is -2.42. The summed E-state index contributed by atoms with van der Waals surface area (Å²) in [5.74, 6) is 1.21. The molecule has 0 atom stereocenters. The predicted octanol–water partition coefficient (Wildman–Crippen LogP) is 2.18. The summed E-state index contributed by atoms with van der Waals surface area (Å²) in [4.78, 5) is 26.5. The average Bonchev–Trinajstić information content (AvgIpc) is 2.96. The predicted molar refractivity (Wildman–Crippen MR) is 88.7 cm³/mol. The number of benzene rings is 1. The number of aryl methyl sites for hydroxylation is 1. The average molecular weight is 329 g/mol. The molecule has 0 spiro atoms. The largest absolute Gasteiger partial charge is 0.460 e. The molecule has 0 bridgehead atoms. The first-order valence-electron chi connectivity index (χ1n) is 7.04. The first kappa shape index (κ1) is 15.4. The van der Waals surface area contributed by atoms with Gasteiger partial charge >= 0.3 is 0 Å². The van der Waals surface area contributed by atoms with Crippen LogP contribution in [0.1, 0.15) is 11.5 Å². The van der Waals surface area contributed by atoms with Gasteiger partial charge in [-0.3, -0.25) is 9.59 Å². The first-order valence-corrected chi connectivity index (χ1v) is 8.02. The molecule has 2 amide bonds. The maximum absolute atomic E-state index is 12.1. The summed E-state index contributed by atoms with van der Waals surface area (Å²) in [5.41, 5.74) is 3.17. The van der Waals surface area contributed by atoms with E-state index < -0.39 is 0 Å². The number of hydrogen-bond donors (Lipinski definition) is 1. The molecular weight excluding hydrogens is 314 g/mol. The molecule has 1 N–H and O–H groups in total. The molecule has 0 saturated carbocycles. The van der Waals surface area contributed by atoms with E-state index in [4.69, 9.17) is 4.42 Å². The van der Waals surface area contributed by atoms with Gasteiger partial charge in [0.1, 0.15) is 18.1 Å². The molecule has 0 unspecified atom stereocenters. The summed E-state index contributed by atoms with van der Waals surface area (Å²) in [7, 11) is 0. The molecule has 0 fully saturated rings. The Morgan fingerprint density at radius 1 is 1.39 bits per heavy atom. The number of rotatable bonds is 4. The number of nitrogens with zero attached hydrogens (tertiary/aromatic N) is 2. The van der Waals surface area contributed by atoms with Crippen molar-refractivity contribution in [2.45, 2.75) is 11.8 Å². The quantitative estimate of drug-likeness (QED) is 0.689. The van der Waals surface area contributed by atoms with Gasteiger partial charge in [0.2, 0.25) is 5.91 Å². The van der Waals surface area contributed by atoms with Crippen molar-refractivity contribution in [1.29, 1.82) is 0 Å². The third kappa shape index (κ3) is 3.62. The smallest absolute Gasteiger partial charge is 0.260 e. The van der Waals surface area contributed by atoms with Gasteiger partial charge in [-0.25, -0.2) is 5.43 Å². The fourth-order valence-corrected chi connectivity index (χ4v) is 3.13. The lowest BCUT2D eigenvalue weighted by atomic mass is 10.2. The molecule has 1 aliphatic rings. The summed E-state index contributed by atoms with van der Waals surface area (Å²) < 4.78 is 5.31. The molecule has 1 aliphatic heterocycles. The Balaban J connectivity index is 1.63. The minimum absolute atomic E-state index is 0.0646. The second-order valence-corrected chi connectivity index (χ2v) is 6.00. The van der Waals surface area contributed by atoms with Gasteiger partial charge in [-0.15, -0.1) is 11.8 Å². The van der Waals surface area contributed by atoms with Gasteiger partial charge in [-0.2, -0.15) is 5.10 Å². The maximum atomic E-state index is 12.1. The lowest BCUT2D eigenvalue weighted by Gasteiger charge is -2.27. The minimum atomic E-state index is -0.361. The number of fused-ring (bicyclic) bond motifs is 1. The van der Waals surface area contributed by atoms with Gasteiger partial charge in [0.15, 0.2) is 0 Å². The Morgan fingerprint density at radius 3 is 3.00 bits per heavy atom. The number of nitrogens with one attached hydrogen (secondary N) is 1. The second-order valence-electron chi connectivity index (χ2n) is 4.98. The summed E-state index contributed by atoms with van der Waals surface area (Å²) in [6, 6.07) is 11.1. The molecule has 118 valence electrons. The highest BCUT2D eigenvalue weighted by atomic mass is 32.2. The molecule has 1 aromatic heterocycles. The topological polar surface area (TPSA) is 74.9 Å². The number of carbonyl (C=O) groups is 2. The SMILES string of the molecule is Cc1ccc(C=NNC(=O)CN2C(=O)CSc3ccccc32)o1. The van der Waals surface area contributed by atoms with Crippen molar-refractivity contribution >= 4 is 35.5 Å². The van der Waals surface area contributed by atoms with E-state index in [1.165, 1.54) is 22.9 Å². The van der Waals surface area contributed by atoms with Crippen LogP contribution in [0.15, 0.2) is 50.8 Å². The van der Waals surface area contributed by atoms with Gasteiger partial charge in [0.05, 0.1) is 17.7 Å².